The Morgan fingerprint density at radius 3 is 2.33 bits per heavy atom. The lowest BCUT2D eigenvalue weighted by molar-refractivity contribution is 0.102. The Balaban J connectivity index is 1.39. The summed E-state index contributed by atoms with van der Waals surface area (Å²) in [6.07, 6.45) is 0. The number of hydrogen-bond donors (Lipinski definition) is 1. The molecule has 0 aliphatic carbocycles. The number of anilines is 1. The molecule has 30 heavy (non-hydrogen) atoms. The van der Waals surface area contributed by atoms with Gasteiger partial charge in [0.05, 0.1) is 5.75 Å². The normalized spacial score (nSPS) is 17.5. The van der Waals surface area contributed by atoms with Crippen LogP contribution in [0, 0.1) is 0 Å². The average molecular weight is 432 g/mol. The topological polar surface area (TPSA) is 88.2 Å². The number of nitrogens with one attached hydrogen (secondary N) is 1. The van der Waals surface area contributed by atoms with Crippen molar-refractivity contribution in [2.75, 3.05) is 51.8 Å². The first-order valence-corrected chi connectivity index (χ1v) is 11.5. The van der Waals surface area contributed by atoms with Crippen LogP contribution in [0.5, 0.6) is 11.5 Å². The van der Waals surface area contributed by atoms with Gasteiger partial charge in [0.1, 0.15) is 13.2 Å². The van der Waals surface area contributed by atoms with E-state index in [1.807, 2.05) is 7.05 Å². The molecule has 9 heteroatoms. The smallest absolute Gasteiger partial charge is 0.255 e. The highest BCUT2D eigenvalue weighted by Gasteiger charge is 2.25. The number of rotatable bonds is 5. The van der Waals surface area contributed by atoms with Gasteiger partial charge in [0, 0.05) is 43.5 Å². The summed E-state index contributed by atoms with van der Waals surface area (Å²) in [5.41, 5.74) is 1.71. The fraction of sp³-hybridized carbons (Fsp3) is 0.381. The second-order valence-electron chi connectivity index (χ2n) is 7.47. The maximum atomic E-state index is 12.6. The third-order valence-electron chi connectivity index (χ3n) is 5.22. The number of fused-ring (bicyclic) bond motifs is 1. The van der Waals surface area contributed by atoms with E-state index in [4.69, 9.17) is 9.47 Å². The van der Waals surface area contributed by atoms with Gasteiger partial charge in [0.2, 0.25) is 10.0 Å². The van der Waals surface area contributed by atoms with E-state index >= 15 is 0 Å². The van der Waals surface area contributed by atoms with E-state index in [2.05, 4.69) is 10.2 Å². The molecule has 0 unspecified atom stereocenters. The Morgan fingerprint density at radius 1 is 0.967 bits per heavy atom. The number of piperazine rings is 1. The lowest BCUT2D eigenvalue weighted by Crippen LogP contribution is -2.47. The van der Waals surface area contributed by atoms with Crippen LogP contribution in [0.25, 0.3) is 0 Å². The number of hydrogen-bond acceptors (Lipinski definition) is 6. The van der Waals surface area contributed by atoms with Crippen LogP contribution < -0.4 is 14.8 Å². The lowest BCUT2D eigenvalue weighted by Gasteiger charge is -2.31. The fourth-order valence-electron chi connectivity index (χ4n) is 3.44. The van der Waals surface area contributed by atoms with Crippen LogP contribution in [0.2, 0.25) is 0 Å². The molecule has 0 aromatic heterocycles. The van der Waals surface area contributed by atoms with Crippen molar-refractivity contribution in [3.63, 3.8) is 0 Å². The van der Waals surface area contributed by atoms with Crippen molar-refractivity contribution in [1.82, 2.24) is 9.21 Å². The zero-order chi connectivity index (χ0) is 21.1. The molecular weight excluding hydrogens is 406 g/mol. The van der Waals surface area contributed by atoms with Gasteiger partial charge in [-0.1, -0.05) is 12.1 Å². The zero-order valence-corrected chi connectivity index (χ0v) is 17.7. The van der Waals surface area contributed by atoms with E-state index in [9.17, 15) is 13.2 Å². The number of carbonyl (C=O) groups excluding carboxylic acids is 1. The van der Waals surface area contributed by atoms with Crippen molar-refractivity contribution in [3.8, 4) is 11.5 Å². The molecule has 0 spiro atoms. The van der Waals surface area contributed by atoms with E-state index in [0.29, 0.717) is 54.6 Å². The molecular formula is C21H25N3O5S. The summed E-state index contributed by atoms with van der Waals surface area (Å²) in [6, 6.07) is 11.9. The first kappa shape index (κ1) is 20.6. The minimum absolute atomic E-state index is 0.0687. The number of nitrogens with zero attached hydrogens (tertiary/aromatic N) is 2. The number of ether oxygens (including phenoxy) is 2. The highest BCUT2D eigenvalue weighted by atomic mass is 32.2. The first-order chi connectivity index (χ1) is 14.4. The van der Waals surface area contributed by atoms with Crippen molar-refractivity contribution in [1.29, 1.82) is 0 Å². The molecule has 2 aromatic rings. The third-order valence-corrected chi connectivity index (χ3v) is 7.07. The van der Waals surface area contributed by atoms with Gasteiger partial charge in [-0.25, -0.2) is 8.42 Å². The summed E-state index contributed by atoms with van der Waals surface area (Å²) in [7, 11) is -1.39. The van der Waals surface area contributed by atoms with Crippen LogP contribution >= 0.6 is 0 Å². The van der Waals surface area contributed by atoms with Crippen molar-refractivity contribution in [2.24, 2.45) is 0 Å². The summed E-state index contributed by atoms with van der Waals surface area (Å²) >= 11 is 0. The molecule has 0 saturated carbocycles. The van der Waals surface area contributed by atoms with Gasteiger partial charge >= 0.3 is 0 Å². The van der Waals surface area contributed by atoms with Crippen LogP contribution in [0.1, 0.15) is 15.9 Å². The van der Waals surface area contributed by atoms with Crippen molar-refractivity contribution in [3.05, 3.63) is 53.6 Å². The van der Waals surface area contributed by atoms with Crippen LogP contribution in [0.4, 0.5) is 5.69 Å². The molecule has 4 rings (SSSR count). The zero-order valence-electron chi connectivity index (χ0n) is 16.8. The van der Waals surface area contributed by atoms with E-state index in [0.717, 1.165) is 13.1 Å². The van der Waals surface area contributed by atoms with Crippen LogP contribution in [-0.4, -0.2) is 70.0 Å². The maximum Gasteiger partial charge on any atom is 0.255 e. The first-order valence-electron chi connectivity index (χ1n) is 9.87. The van der Waals surface area contributed by atoms with E-state index in [-0.39, 0.29) is 11.7 Å². The van der Waals surface area contributed by atoms with Crippen molar-refractivity contribution in [2.45, 2.75) is 5.75 Å². The minimum Gasteiger partial charge on any atom is -0.486 e. The molecule has 1 fully saturated rings. The van der Waals surface area contributed by atoms with Gasteiger partial charge < -0.3 is 19.7 Å². The molecule has 1 amide bonds. The van der Waals surface area contributed by atoms with E-state index in [1.165, 1.54) is 4.31 Å². The predicted octanol–water partition coefficient (Wildman–Crippen LogP) is 1.79. The average Bonchev–Trinajstić information content (AvgIpc) is 2.74. The monoisotopic (exact) mass is 431 g/mol. The Labute approximate surface area is 176 Å². The largest absolute Gasteiger partial charge is 0.486 e. The van der Waals surface area contributed by atoms with E-state index in [1.54, 1.807) is 42.5 Å². The molecule has 2 heterocycles. The number of benzene rings is 2. The SMILES string of the molecule is CN1CCN(S(=O)(=O)Cc2ccc(C(=O)Nc3ccc4c(c3)OCCO4)cc2)CC1. The molecule has 2 aliphatic rings. The Bertz CT molecular complexity index is 1020. The van der Waals surface area contributed by atoms with Gasteiger partial charge in [-0.3, -0.25) is 4.79 Å². The van der Waals surface area contributed by atoms with Crippen molar-refractivity contribution < 1.29 is 22.7 Å². The van der Waals surface area contributed by atoms with Gasteiger partial charge in [0.25, 0.3) is 5.91 Å². The molecule has 1 N–H and O–H groups in total. The fourth-order valence-corrected chi connectivity index (χ4v) is 4.96. The lowest BCUT2D eigenvalue weighted by atomic mass is 10.1. The number of sulfonamides is 1. The summed E-state index contributed by atoms with van der Waals surface area (Å²) < 4.78 is 37.8. The number of amides is 1. The van der Waals surface area contributed by atoms with Gasteiger partial charge in [-0.2, -0.15) is 4.31 Å². The predicted molar refractivity (Wildman–Crippen MR) is 114 cm³/mol. The molecule has 2 aliphatic heterocycles. The molecule has 2 aromatic carbocycles. The summed E-state index contributed by atoms with van der Waals surface area (Å²) in [6.45, 7) is 3.47. The highest BCUT2D eigenvalue weighted by molar-refractivity contribution is 7.88. The highest BCUT2D eigenvalue weighted by Crippen LogP contribution is 2.32. The van der Waals surface area contributed by atoms with Gasteiger partial charge in [0.15, 0.2) is 11.5 Å². The summed E-state index contributed by atoms with van der Waals surface area (Å²) in [4.78, 5) is 14.7. The van der Waals surface area contributed by atoms with Crippen LogP contribution in [-0.2, 0) is 15.8 Å². The van der Waals surface area contributed by atoms with Gasteiger partial charge in [-0.05, 0) is 36.9 Å². The quantitative estimate of drug-likeness (QED) is 0.777. The van der Waals surface area contributed by atoms with E-state index < -0.39 is 10.0 Å². The summed E-state index contributed by atoms with van der Waals surface area (Å²) in [5.74, 6) is 0.912. The molecule has 0 atom stereocenters. The molecule has 160 valence electrons. The second-order valence-corrected chi connectivity index (χ2v) is 9.44. The Kier molecular flexibility index (Phi) is 5.94. The standard InChI is InChI=1S/C21H25N3O5S/c1-23-8-10-24(11-9-23)30(26,27)15-16-2-4-17(5-3-16)21(25)22-18-6-7-19-20(14-18)29-13-12-28-19/h2-7,14H,8-13,15H2,1H3,(H,22,25). The molecule has 1 saturated heterocycles. The number of carbonyl (C=O) groups is 1. The third kappa shape index (κ3) is 4.75. The molecule has 0 bridgehead atoms. The van der Waals surface area contributed by atoms with Crippen LogP contribution in [0.3, 0.4) is 0 Å². The summed E-state index contributed by atoms with van der Waals surface area (Å²) in [5, 5.41) is 2.83. The Hall–Kier alpha value is -2.62. The number of likely N-dealkylation sites (N-methyl/N-ethyl adjacent to an activating group) is 1. The molecule has 0 radical (unpaired) electrons. The minimum atomic E-state index is -3.37. The maximum absolute atomic E-state index is 12.6. The van der Waals surface area contributed by atoms with Crippen LogP contribution in [0.15, 0.2) is 42.5 Å². The van der Waals surface area contributed by atoms with Crippen molar-refractivity contribution >= 4 is 21.6 Å². The van der Waals surface area contributed by atoms with Gasteiger partial charge in [-0.15, -0.1) is 0 Å². The Morgan fingerprint density at radius 2 is 1.63 bits per heavy atom. The second kappa shape index (κ2) is 8.63. The molecule has 8 nitrogen and oxygen atoms in total.